The lowest BCUT2D eigenvalue weighted by Gasteiger charge is -2.05. The Morgan fingerprint density at radius 3 is 2.12 bits per heavy atom. The van der Waals surface area contributed by atoms with Gasteiger partial charge in [0.1, 0.15) is 0 Å². The highest BCUT2D eigenvalue weighted by Gasteiger charge is 2.06. The molecule has 5 nitrogen and oxygen atoms in total. The summed E-state index contributed by atoms with van der Waals surface area (Å²) in [6.07, 6.45) is 0.935. The number of aliphatic imine (C=N–C) groups is 2. The molecule has 0 aliphatic heterocycles. The maximum atomic E-state index is 5.58. The fraction of sp³-hybridized carbons (Fsp3) is 0.200. The van der Waals surface area contributed by atoms with Crippen LogP contribution in [0.1, 0.15) is 12.5 Å². The fourth-order valence-corrected chi connectivity index (χ4v) is 2.66. The van der Waals surface area contributed by atoms with Crippen molar-refractivity contribution in [2.24, 2.45) is 27.2 Å². The summed E-state index contributed by atoms with van der Waals surface area (Å²) in [7, 11) is 0. The molecule has 17 heavy (non-hydrogen) atoms. The van der Waals surface area contributed by atoms with E-state index in [-0.39, 0.29) is 11.9 Å². The van der Waals surface area contributed by atoms with Gasteiger partial charge < -0.3 is 17.2 Å². The van der Waals surface area contributed by atoms with Crippen LogP contribution >= 0.6 is 31.9 Å². The molecule has 0 amide bonds. The molecule has 0 aliphatic rings. The van der Waals surface area contributed by atoms with Crippen molar-refractivity contribution in [3.8, 4) is 0 Å². The summed E-state index contributed by atoms with van der Waals surface area (Å²) in [6, 6.07) is 3.96. The molecule has 0 saturated carbocycles. The van der Waals surface area contributed by atoms with Gasteiger partial charge in [-0.05, 0) is 56.0 Å². The Balaban J connectivity index is 3.20. The van der Waals surface area contributed by atoms with Crippen molar-refractivity contribution in [3.63, 3.8) is 0 Å². The van der Waals surface area contributed by atoms with Crippen LogP contribution in [0, 0.1) is 0 Å². The summed E-state index contributed by atoms with van der Waals surface area (Å²) in [6.45, 7) is 2.07. The number of hydrogen-bond donors (Lipinski definition) is 3. The number of nitrogens with zero attached hydrogens (tertiary/aromatic N) is 2. The molecule has 0 aliphatic carbocycles. The van der Waals surface area contributed by atoms with Crippen molar-refractivity contribution in [2.75, 3.05) is 0 Å². The summed E-state index contributed by atoms with van der Waals surface area (Å²) >= 11 is 6.86. The van der Waals surface area contributed by atoms with Crippen LogP contribution in [-0.4, -0.2) is 11.9 Å². The highest BCUT2D eigenvalue weighted by atomic mass is 79.9. The third kappa shape index (κ3) is 4.01. The predicted octanol–water partition coefficient (Wildman–Crippen LogP) is 1.99. The summed E-state index contributed by atoms with van der Waals surface area (Å²) < 4.78 is 1.66. The lowest BCUT2D eigenvalue weighted by molar-refractivity contribution is 1.13. The van der Waals surface area contributed by atoms with Gasteiger partial charge in [-0.3, -0.25) is 0 Å². The molecule has 0 heterocycles. The molecule has 0 spiro atoms. The van der Waals surface area contributed by atoms with Gasteiger partial charge in [0.25, 0.3) is 0 Å². The molecule has 0 atom stereocenters. The summed E-state index contributed by atoms with van der Waals surface area (Å²) in [5, 5.41) is 0. The largest absolute Gasteiger partial charge is 0.370 e. The molecule has 0 saturated heterocycles. The van der Waals surface area contributed by atoms with Gasteiger partial charge in [-0.1, -0.05) is 6.92 Å². The van der Waals surface area contributed by atoms with Gasteiger partial charge in [-0.15, -0.1) is 0 Å². The van der Waals surface area contributed by atoms with Gasteiger partial charge in [0.15, 0.2) is 5.96 Å². The van der Waals surface area contributed by atoms with Crippen LogP contribution in [0.15, 0.2) is 31.1 Å². The molecule has 0 aromatic heterocycles. The van der Waals surface area contributed by atoms with Gasteiger partial charge in [0.05, 0.1) is 5.69 Å². The Hall–Kier alpha value is -1.08. The molecular formula is C10H13Br2N5. The molecular weight excluding hydrogens is 350 g/mol. The van der Waals surface area contributed by atoms with Gasteiger partial charge in [-0.25, -0.2) is 4.99 Å². The average Bonchev–Trinajstić information content (AvgIpc) is 2.22. The maximum absolute atomic E-state index is 5.58. The quantitative estimate of drug-likeness (QED) is 0.553. The molecule has 0 unspecified atom stereocenters. The summed E-state index contributed by atoms with van der Waals surface area (Å²) in [4.78, 5) is 7.78. The normalized spacial score (nSPS) is 11.4. The lowest BCUT2D eigenvalue weighted by atomic mass is 10.1. The molecule has 0 bridgehead atoms. The second-order valence-corrected chi connectivity index (χ2v) is 4.98. The van der Waals surface area contributed by atoms with Crippen LogP contribution in [-0.2, 0) is 6.42 Å². The first kappa shape index (κ1) is 14.0. The second kappa shape index (κ2) is 6.02. The van der Waals surface area contributed by atoms with E-state index in [1.807, 2.05) is 12.1 Å². The summed E-state index contributed by atoms with van der Waals surface area (Å²) in [5.74, 6) is -0.112. The highest BCUT2D eigenvalue weighted by molar-refractivity contribution is 9.11. The SMILES string of the molecule is CCc1cc(Br)c(N=C(N)N=C(N)N)c(Br)c1. The van der Waals surface area contributed by atoms with Crippen molar-refractivity contribution in [1.29, 1.82) is 0 Å². The van der Waals surface area contributed by atoms with Gasteiger partial charge >= 0.3 is 0 Å². The molecule has 92 valence electrons. The number of rotatable bonds is 2. The number of guanidine groups is 2. The lowest BCUT2D eigenvalue weighted by Crippen LogP contribution is -2.26. The van der Waals surface area contributed by atoms with Gasteiger partial charge in [-0.2, -0.15) is 4.99 Å². The maximum Gasteiger partial charge on any atom is 0.223 e. The molecule has 6 N–H and O–H groups in total. The number of benzene rings is 1. The van der Waals surface area contributed by atoms with Gasteiger partial charge in [0, 0.05) is 8.95 Å². The number of hydrogen-bond acceptors (Lipinski definition) is 1. The van der Waals surface area contributed by atoms with Crippen molar-refractivity contribution < 1.29 is 0 Å². The van der Waals surface area contributed by atoms with Crippen LogP contribution in [0.25, 0.3) is 0 Å². The zero-order chi connectivity index (χ0) is 13.0. The Morgan fingerprint density at radius 1 is 1.18 bits per heavy atom. The number of aryl methyl sites for hydroxylation is 1. The van der Waals surface area contributed by atoms with Crippen LogP contribution in [0.2, 0.25) is 0 Å². The van der Waals surface area contributed by atoms with E-state index in [9.17, 15) is 0 Å². The van der Waals surface area contributed by atoms with Crippen LogP contribution < -0.4 is 17.2 Å². The minimum Gasteiger partial charge on any atom is -0.370 e. The third-order valence-corrected chi connectivity index (χ3v) is 3.16. The van der Waals surface area contributed by atoms with E-state index in [4.69, 9.17) is 17.2 Å². The average molecular weight is 363 g/mol. The van der Waals surface area contributed by atoms with E-state index < -0.39 is 0 Å². The topological polar surface area (TPSA) is 103 Å². The second-order valence-electron chi connectivity index (χ2n) is 3.27. The van der Waals surface area contributed by atoms with E-state index in [1.165, 1.54) is 5.56 Å². The standard InChI is InChI=1S/C10H13Br2N5/c1-2-5-3-6(11)8(7(12)4-5)16-10(15)17-9(13)14/h3-4H,2H2,1H3,(H6,13,14,15,16,17). The van der Waals surface area contributed by atoms with Crippen LogP contribution in [0.4, 0.5) is 5.69 Å². The Morgan fingerprint density at radius 2 is 1.71 bits per heavy atom. The first-order valence-corrected chi connectivity index (χ1v) is 6.44. The first-order chi connectivity index (χ1) is 7.93. The Labute approximate surface area is 116 Å². The van der Waals surface area contributed by atoms with E-state index >= 15 is 0 Å². The molecule has 7 heteroatoms. The van der Waals surface area contributed by atoms with Crippen molar-refractivity contribution in [3.05, 3.63) is 26.6 Å². The Kier molecular flexibility index (Phi) is 4.95. The molecule has 0 radical (unpaired) electrons. The fourth-order valence-electron chi connectivity index (χ4n) is 1.20. The van der Waals surface area contributed by atoms with E-state index in [2.05, 4.69) is 48.8 Å². The van der Waals surface area contributed by atoms with Crippen molar-refractivity contribution >= 4 is 49.5 Å². The smallest absolute Gasteiger partial charge is 0.223 e. The third-order valence-electron chi connectivity index (χ3n) is 1.95. The van der Waals surface area contributed by atoms with E-state index in [0.29, 0.717) is 5.69 Å². The molecule has 1 aromatic rings. The minimum atomic E-state index is -0.122. The first-order valence-electron chi connectivity index (χ1n) is 4.85. The monoisotopic (exact) mass is 361 g/mol. The highest BCUT2D eigenvalue weighted by Crippen LogP contribution is 2.35. The Bertz CT molecular complexity index is 455. The zero-order valence-corrected chi connectivity index (χ0v) is 12.4. The number of nitrogens with two attached hydrogens (primary N) is 3. The number of halogens is 2. The summed E-state index contributed by atoms with van der Waals surface area (Å²) in [5.41, 5.74) is 17.8. The minimum absolute atomic E-state index is 0.00986. The van der Waals surface area contributed by atoms with E-state index in [0.717, 1.165) is 15.4 Å². The van der Waals surface area contributed by atoms with Crippen molar-refractivity contribution in [2.45, 2.75) is 13.3 Å². The van der Waals surface area contributed by atoms with Crippen molar-refractivity contribution in [1.82, 2.24) is 0 Å². The molecule has 0 fully saturated rings. The van der Waals surface area contributed by atoms with Crippen LogP contribution in [0.5, 0.6) is 0 Å². The van der Waals surface area contributed by atoms with Gasteiger partial charge in [0.2, 0.25) is 5.96 Å². The predicted molar refractivity (Wildman–Crippen MR) is 78.3 cm³/mol. The zero-order valence-electron chi connectivity index (χ0n) is 9.24. The van der Waals surface area contributed by atoms with E-state index in [1.54, 1.807) is 0 Å². The molecule has 1 rings (SSSR count). The van der Waals surface area contributed by atoms with Crippen LogP contribution in [0.3, 0.4) is 0 Å². The molecule has 1 aromatic carbocycles.